The summed E-state index contributed by atoms with van der Waals surface area (Å²) in [6, 6.07) is 3.57. The van der Waals surface area contributed by atoms with Crippen molar-refractivity contribution in [2.24, 2.45) is 0 Å². The molecule has 3 atom stereocenters. The quantitative estimate of drug-likeness (QED) is 0.551. The molecule has 204 valence electrons. The third kappa shape index (κ3) is 4.91. The van der Waals surface area contributed by atoms with Gasteiger partial charge in [-0.3, -0.25) is 4.90 Å². The Morgan fingerprint density at radius 1 is 1.18 bits per heavy atom. The molecule has 3 heterocycles. The first-order chi connectivity index (χ1) is 18.1. The summed E-state index contributed by atoms with van der Waals surface area (Å²) >= 11 is 0. The molecule has 2 aliphatic carbocycles. The van der Waals surface area contributed by atoms with Crippen molar-refractivity contribution in [3.8, 4) is 5.88 Å². The number of anilines is 2. The number of sulfone groups is 1. The van der Waals surface area contributed by atoms with Crippen molar-refractivity contribution in [1.29, 1.82) is 0 Å². The Morgan fingerprint density at radius 3 is 2.53 bits per heavy atom. The predicted octanol–water partition coefficient (Wildman–Crippen LogP) is 3.90. The Morgan fingerprint density at radius 2 is 1.89 bits per heavy atom. The van der Waals surface area contributed by atoms with E-state index in [0.717, 1.165) is 18.9 Å². The summed E-state index contributed by atoms with van der Waals surface area (Å²) in [4.78, 5) is 23.2. The van der Waals surface area contributed by atoms with Crippen LogP contribution in [0.5, 0.6) is 5.88 Å². The summed E-state index contributed by atoms with van der Waals surface area (Å²) in [6.07, 6.45) is 5.00. The number of carbonyl (C=O) groups is 1. The zero-order chi connectivity index (χ0) is 26.7. The van der Waals surface area contributed by atoms with E-state index in [0.29, 0.717) is 56.2 Å². The third-order valence-electron chi connectivity index (χ3n) is 7.78. The van der Waals surface area contributed by atoms with Gasteiger partial charge in [-0.15, -0.1) is 0 Å². The Balaban J connectivity index is 1.14. The van der Waals surface area contributed by atoms with Gasteiger partial charge in [-0.25, -0.2) is 27.6 Å². The van der Waals surface area contributed by atoms with E-state index in [1.807, 2.05) is 11.8 Å². The van der Waals surface area contributed by atoms with Crippen LogP contribution in [-0.2, 0) is 19.3 Å². The lowest BCUT2D eigenvalue weighted by Gasteiger charge is -2.47. The summed E-state index contributed by atoms with van der Waals surface area (Å²) in [5, 5.41) is 2.53. The van der Waals surface area contributed by atoms with Gasteiger partial charge in [0.05, 0.1) is 46.7 Å². The molecule has 2 bridgehead atoms. The standard InChI is InChI=1S/C26H31FN4O6S/c1-15-23(30-22-6-5-20(11-21(22)27)38(33,34)19-3-4-19)28-14-29-24(15)36-18-9-16-12-35-13-17(10-18)31(16)25(32)37-26(2)7-8-26/h5-6,11,14,16-19H,3-4,7-10,12-13H2,1-2H3,(H,28,29,30)/t16-,17?,18+/m1/s1. The van der Waals surface area contributed by atoms with Crippen LogP contribution >= 0.6 is 0 Å². The number of nitrogens with zero attached hydrogens (tertiary/aromatic N) is 3. The molecular formula is C26H31FN4O6S. The highest BCUT2D eigenvalue weighted by atomic mass is 32.2. The number of halogens is 1. The van der Waals surface area contributed by atoms with Gasteiger partial charge in [0.15, 0.2) is 9.84 Å². The fourth-order valence-electron chi connectivity index (χ4n) is 5.11. The monoisotopic (exact) mass is 546 g/mol. The van der Waals surface area contributed by atoms with Crippen molar-refractivity contribution in [1.82, 2.24) is 14.9 Å². The van der Waals surface area contributed by atoms with Gasteiger partial charge >= 0.3 is 6.09 Å². The summed E-state index contributed by atoms with van der Waals surface area (Å²) in [6.45, 7) is 4.56. The number of nitrogens with one attached hydrogen (secondary N) is 1. The van der Waals surface area contributed by atoms with Gasteiger partial charge in [0.25, 0.3) is 0 Å². The van der Waals surface area contributed by atoms with E-state index >= 15 is 0 Å². The highest BCUT2D eigenvalue weighted by molar-refractivity contribution is 7.92. The molecule has 12 heteroatoms. The fraction of sp³-hybridized carbons (Fsp3) is 0.577. The Kier molecular flexibility index (Phi) is 6.21. The molecule has 10 nitrogen and oxygen atoms in total. The average Bonchev–Trinajstić information content (AvgIpc) is 3.79. The van der Waals surface area contributed by atoms with E-state index in [9.17, 15) is 17.6 Å². The molecule has 1 aromatic heterocycles. The second kappa shape index (κ2) is 9.33. The van der Waals surface area contributed by atoms with Crippen LogP contribution in [0.3, 0.4) is 0 Å². The van der Waals surface area contributed by atoms with Crippen LogP contribution < -0.4 is 10.1 Å². The molecular weight excluding hydrogens is 515 g/mol. The minimum Gasteiger partial charge on any atom is -0.474 e. The highest BCUT2D eigenvalue weighted by Gasteiger charge is 2.48. The number of ether oxygens (including phenoxy) is 3. The molecule has 1 N–H and O–H groups in total. The van der Waals surface area contributed by atoms with Crippen LogP contribution in [0.2, 0.25) is 0 Å². The number of fused-ring (bicyclic) bond motifs is 2. The van der Waals surface area contributed by atoms with Crippen molar-refractivity contribution in [2.45, 2.75) is 86.3 Å². The number of rotatable bonds is 7. The Hall–Kier alpha value is -2.99. The third-order valence-corrected chi connectivity index (χ3v) is 10.0. The molecule has 38 heavy (non-hydrogen) atoms. The van der Waals surface area contributed by atoms with Gasteiger partial charge in [0, 0.05) is 12.8 Å². The van der Waals surface area contributed by atoms with E-state index in [4.69, 9.17) is 14.2 Å². The highest BCUT2D eigenvalue weighted by Crippen LogP contribution is 2.41. The molecule has 2 saturated carbocycles. The van der Waals surface area contributed by atoms with Gasteiger partial charge in [-0.2, -0.15) is 0 Å². The van der Waals surface area contributed by atoms with Crippen molar-refractivity contribution in [2.75, 3.05) is 18.5 Å². The van der Waals surface area contributed by atoms with Crippen LogP contribution in [0.15, 0.2) is 29.4 Å². The van der Waals surface area contributed by atoms with Crippen molar-refractivity contribution in [3.05, 3.63) is 35.9 Å². The number of benzene rings is 1. The maximum Gasteiger partial charge on any atom is 0.410 e. The number of morpholine rings is 1. The number of aromatic nitrogens is 2. The van der Waals surface area contributed by atoms with Crippen LogP contribution in [0.25, 0.3) is 0 Å². The van der Waals surface area contributed by atoms with Crippen molar-refractivity contribution >= 4 is 27.4 Å². The van der Waals surface area contributed by atoms with Gasteiger partial charge < -0.3 is 19.5 Å². The van der Waals surface area contributed by atoms with E-state index in [2.05, 4.69) is 15.3 Å². The molecule has 2 saturated heterocycles. The zero-order valence-corrected chi connectivity index (χ0v) is 22.2. The summed E-state index contributed by atoms with van der Waals surface area (Å²) in [5.41, 5.74) is 0.355. The van der Waals surface area contributed by atoms with E-state index in [-0.39, 0.29) is 40.5 Å². The molecule has 0 radical (unpaired) electrons. The number of carbonyl (C=O) groups excluding carboxylic acids is 1. The van der Waals surface area contributed by atoms with E-state index < -0.39 is 20.9 Å². The normalized spacial score (nSPS) is 26.0. The summed E-state index contributed by atoms with van der Waals surface area (Å²) in [7, 11) is -3.49. The molecule has 2 aliphatic heterocycles. The lowest BCUT2D eigenvalue weighted by Crippen LogP contribution is -2.61. The topological polar surface area (TPSA) is 120 Å². The first kappa shape index (κ1) is 25.3. The average molecular weight is 547 g/mol. The Bertz CT molecular complexity index is 1350. The lowest BCUT2D eigenvalue weighted by atomic mass is 9.92. The molecule has 4 fully saturated rings. The maximum atomic E-state index is 14.8. The first-order valence-corrected chi connectivity index (χ1v) is 14.6. The number of hydrogen-bond donors (Lipinski definition) is 1. The van der Waals surface area contributed by atoms with E-state index in [1.165, 1.54) is 18.5 Å². The minimum absolute atomic E-state index is 0.0116. The van der Waals surface area contributed by atoms with Crippen LogP contribution in [0.1, 0.15) is 51.0 Å². The predicted molar refractivity (Wildman–Crippen MR) is 135 cm³/mol. The lowest BCUT2D eigenvalue weighted by molar-refractivity contribution is -0.0956. The van der Waals surface area contributed by atoms with Crippen molar-refractivity contribution in [3.63, 3.8) is 0 Å². The zero-order valence-electron chi connectivity index (χ0n) is 21.4. The smallest absolute Gasteiger partial charge is 0.410 e. The molecule has 2 aromatic rings. The molecule has 1 amide bonds. The summed E-state index contributed by atoms with van der Waals surface area (Å²) in [5.74, 6) is 0.0367. The number of hydrogen-bond acceptors (Lipinski definition) is 9. The minimum atomic E-state index is -3.49. The Labute approximate surface area is 220 Å². The first-order valence-electron chi connectivity index (χ1n) is 13.0. The van der Waals surface area contributed by atoms with Crippen molar-refractivity contribution < 1.29 is 31.8 Å². The van der Waals surface area contributed by atoms with Gasteiger partial charge in [0.1, 0.15) is 29.7 Å². The largest absolute Gasteiger partial charge is 0.474 e. The van der Waals surface area contributed by atoms with Gasteiger partial charge in [-0.05, 0) is 57.7 Å². The second-order valence-corrected chi connectivity index (χ2v) is 13.2. The number of amides is 1. The molecule has 0 spiro atoms. The molecule has 1 aromatic carbocycles. The van der Waals surface area contributed by atoms with E-state index in [1.54, 1.807) is 6.92 Å². The molecule has 6 rings (SSSR count). The fourth-order valence-corrected chi connectivity index (χ4v) is 6.78. The van der Waals surface area contributed by atoms with Crippen LogP contribution in [0.4, 0.5) is 20.7 Å². The molecule has 1 unspecified atom stereocenters. The molecule has 4 aliphatic rings. The van der Waals surface area contributed by atoms with Crippen LogP contribution in [-0.4, -0.2) is 71.6 Å². The summed E-state index contributed by atoms with van der Waals surface area (Å²) < 4.78 is 57.4. The van der Waals surface area contributed by atoms with Gasteiger partial charge in [0.2, 0.25) is 5.88 Å². The second-order valence-electron chi connectivity index (χ2n) is 10.9. The SMILES string of the molecule is Cc1c(Nc2ccc(S(=O)(=O)C3CC3)cc2F)ncnc1O[C@@H]1CC2COC[C@@H](C1)N2C(=O)OC1(C)CC1. The van der Waals surface area contributed by atoms with Crippen LogP contribution in [0, 0.1) is 12.7 Å². The number of piperidine rings is 1. The van der Waals surface area contributed by atoms with Gasteiger partial charge in [-0.1, -0.05) is 0 Å². The maximum absolute atomic E-state index is 14.8.